The molecule has 0 radical (unpaired) electrons. The normalized spacial score (nSPS) is 25.6. The Labute approximate surface area is 270 Å². The van der Waals surface area contributed by atoms with Crippen molar-refractivity contribution in [2.75, 3.05) is 27.3 Å². The second-order valence-corrected chi connectivity index (χ2v) is 13.7. The molecule has 3 N–H and O–H groups in total. The van der Waals surface area contributed by atoms with E-state index in [9.17, 15) is 19.8 Å². The molecular formula is C33H41BrFN3O7. The van der Waals surface area contributed by atoms with E-state index in [0.29, 0.717) is 29.1 Å². The van der Waals surface area contributed by atoms with Crippen LogP contribution in [0.15, 0.2) is 14.6 Å². The Balaban J connectivity index is 1.47. The topological polar surface area (TPSA) is 134 Å². The number of unbranched alkanes of at least 4 members (excludes halogenated alkanes) is 2. The average molecular weight is 691 g/mol. The maximum Gasteiger partial charge on any atom is 0.265 e. The van der Waals surface area contributed by atoms with Gasteiger partial charge in [0.2, 0.25) is 11.6 Å². The number of hydrogen-bond acceptors (Lipinski definition) is 10. The summed E-state index contributed by atoms with van der Waals surface area (Å²) in [6, 6.07) is -0.357. The summed E-state index contributed by atoms with van der Waals surface area (Å²) in [7, 11) is 3.54. The zero-order valence-electron chi connectivity index (χ0n) is 26.2. The maximum absolute atomic E-state index is 16.4. The summed E-state index contributed by atoms with van der Waals surface area (Å²) in [5.74, 6) is -3.87. The van der Waals surface area contributed by atoms with Crippen LogP contribution in [0, 0.1) is 17.7 Å². The number of aromatic nitrogens is 1. The molecule has 2 fully saturated rings. The van der Waals surface area contributed by atoms with Gasteiger partial charge in [0.25, 0.3) is 5.88 Å². The number of Topliss-reactive ketones (excluding diaryl/α,β-unsaturated/α-hetero) is 2. The van der Waals surface area contributed by atoms with Gasteiger partial charge in [-0.3, -0.25) is 14.5 Å². The molecule has 0 aliphatic heterocycles. The summed E-state index contributed by atoms with van der Waals surface area (Å²) < 4.78 is 34.3. The fourth-order valence-corrected chi connectivity index (χ4v) is 7.71. The highest BCUT2D eigenvalue weighted by Crippen LogP contribution is 2.57. The third-order valence-electron chi connectivity index (χ3n) is 9.63. The first kappa shape index (κ1) is 32.2. The maximum atomic E-state index is 16.4. The molecule has 12 heteroatoms. The Morgan fingerprint density at radius 3 is 2.44 bits per heavy atom. The number of hydrogen-bond donors (Lipinski definition) is 3. The molecule has 244 valence electrons. The van der Waals surface area contributed by atoms with Crippen LogP contribution in [0.5, 0.6) is 11.6 Å². The highest BCUT2D eigenvalue weighted by atomic mass is 79.9. The minimum atomic E-state index is -2.51. The van der Waals surface area contributed by atoms with Crippen LogP contribution in [0.1, 0.15) is 97.6 Å². The van der Waals surface area contributed by atoms with Crippen molar-refractivity contribution in [2.24, 2.45) is 11.8 Å². The van der Waals surface area contributed by atoms with Crippen LogP contribution in [-0.4, -0.2) is 70.8 Å². The molecule has 0 bridgehead atoms. The van der Waals surface area contributed by atoms with Crippen LogP contribution in [0.2, 0.25) is 0 Å². The molecule has 2 saturated carbocycles. The zero-order valence-corrected chi connectivity index (χ0v) is 27.8. The molecule has 4 atom stereocenters. The highest BCUT2D eigenvalue weighted by molar-refractivity contribution is 9.10. The summed E-state index contributed by atoms with van der Waals surface area (Å²) in [4.78, 5) is 30.4. The minimum Gasteiger partial charge on any atom is -0.507 e. The molecule has 2 aromatic rings. The fourth-order valence-electron chi connectivity index (χ4n) is 7.09. The fraction of sp³-hybridized carbons (Fsp3) is 0.606. The van der Waals surface area contributed by atoms with Gasteiger partial charge in [-0.1, -0.05) is 26.7 Å². The van der Waals surface area contributed by atoms with E-state index in [1.54, 1.807) is 19.0 Å². The Morgan fingerprint density at radius 1 is 1.11 bits per heavy atom. The highest BCUT2D eigenvalue weighted by Gasteiger charge is 2.65. The summed E-state index contributed by atoms with van der Waals surface area (Å²) in [5.41, 5.74) is -1.90. The van der Waals surface area contributed by atoms with Crippen LogP contribution < -0.4 is 14.8 Å². The number of ketones is 2. The Hall–Kier alpha value is -2.80. The lowest BCUT2D eigenvalue weighted by atomic mass is 9.57. The quantitative estimate of drug-likeness (QED) is 0.195. The number of ether oxygens (including phenoxy) is 2. The average Bonchev–Trinajstić information content (AvgIpc) is 3.74. The molecule has 10 nitrogen and oxygen atoms in total. The first-order valence-electron chi connectivity index (χ1n) is 16.0. The summed E-state index contributed by atoms with van der Waals surface area (Å²) in [5, 5.41) is 31.4. The van der Waals surface area contributed by atoms with Crippen LogP contribution >= 0.6 is 15.9 Å². The Morgan fingerprint density at radius 2 is 1.80 bits per heavy atom. The van der Waals surface area contributed by atoms with Gasteiger partial charge in [-0.2, -0.15) is 0 Å². The van der Waals surface area contributed by atoms with Crippen LogP contribution in [-0.2, 0) is 17.8 Å². The molecule has 45 heavy (non-hydrogen) atoms. The molecule has 0 saturated heterocycles. The predicted molar refractivity (Wildman–Crippen MR) is 167 cm³/mol. The second kappa shape index (κ2) is 12.4. The Bertz CT molecular complexity index is 1550. The largest absolute Gasteiger partial charge is 0.507 e. The molecule has 6 rings (SSSR count). The lowest BCUT2D eigenvalue weighted by Crippen LogP contribution is -2.63. The van der Waals surface area contributed by atoms with Crippen molar-refractivity contribution in [3.8, 4) is 11.6 Å². The van der Waals surface area contributed by atoms with Crippen molar-refractivity contribution in [1.82, 2.24) is 15.4 Å². The molecule has 4 aliphatic carbocycles. The number of fused-ring (bicyclic) bond motifs is 4. The van der Waals surface area contributed by atoms with Gasteiger partial charge >= 0.3 is 0 Å². The number of nitrogens with one attached hydrogen (secondary N) is 1. The number of carbonyl (C=O) groups is 2. The van der Waals surface area contributed by atoms with Crippen LogP contribution in [0.3, 0.4) is 0 Å². The monoisotopic (exact) mass is 689 g/mol. The lowest BCUT2D eigenvalue weighted by molar-refractivity contribution is -0.142. The zero-order chi connectivity index (χ0) is 32.2. The lowest BCUT2D eigenvalue weighted by Gasteiger charge is -2.49. The van der Waals surface area contributed by atoms with Crippen molar-refractivity contribution in [2.45, 2.75) is 89.4 Å². The summed E-state index contributed by atoms with van der Waals surface area (Å²) in [6.07, 6.45) is 5.46. The molecule has 1 aromatic carbocycles. The molecule has 0 amide bonds. The molecule has 1 heterocycles. The third kappa shape index (κ3) is 5.21. The van der Waals surface area contributed by atoms with E-state index in [4.69, 9.17) is 14.0 Å². The molecule has 1 aromatic heterocycles. The molecule has 0 spiro atoms. The van der Waals surface area contributed by atoms with Gasteiger partial charge in [0.1, 0.15) is 22.9 Å². The van der Waals surface area contributed by atoms with E-state index < -0.39 is 46.6 Å². The number of benzene rings is 1. The molecule has 4 aliphatic rings. The van der Waals surface area contributed by atoms with Crippen LogP contribution in [0.4, 0.5) is 4.39 Å². The van der Waals surface area contributed by atoms with E-state index in [0.717, 1.165) is 32.1 Å². The predicted octanol–water partition coefficient (Wildman–Crippen LogP) is 5.45. The van der Waals surface area contributed by atoms with E-state index in [-0.39, 0.29) is 65.6 Å². The van der Waals surface area contributed by atoms with E-state index in [1.807, 2.05) is 13.8 Å². The van der Waals surface area contributed by atoms with Gasteiger partial charge < -0.3 is 29.5 Å². The van der Waals surface area contributed by atoms with E-state index >= 15 is 4.39 Å². The van der Waals surface area contributed by atoms with Gasteiger partial charge in [0, 0.05) is 35.2 Å². The summed E-state index contributed by atoms with van der Waals surface area (Å²) in [6.45, 7) is 4.92. The van der Waals surface area contributed by atoms with Gasteiger partial charge in [0.05, 0.1) is 29.3 Å². The van der Waals surface area contributed by atoms with Crippen molar-refractivity contribution >= 4 is 33.3 Å². The van der Waals surface area contributed by atoms with Gasteiger partial charge in [-0.25, -0.2) is 4.39 Å². The Kier molecular flexibility index (Phi) is 8.88. The number of rotatable bonds is 12. The van der Waals surface area contributed by atoms with Crippen molar-refractivity contribution in [3.05, 3.63) is 43.9 Å². The van der Waals surface area contributed by atoms with E-state index in [2.05, 4.69) is 26.4 Å². The first-order valence-corrected chi connectivity index (χ1v) is 16.8. The number of nitrogens with zero attached hydrogens (tertiary/aromatic N) is 2. The number of carbonyl (C=O) groups excluding carboxylic acids is 2. The van der Waals surface area contributed by atoms with Gasteiger partial charge in [-0.15, -0.1) is 0 Å². The standard InChI is InChI=1S/C33H41BrFN3O7/c1-5-7-11-43-28-22-18(25(35)19(24(28)34)15-36-17-9-10-17)13-16-14-20-26(38(3)4)29-23(32(37-45-29)44-12-8-6-2)31(41)33(20,42)30(40)21(16)27(22)39/h16-17,20,26,36,39,42H,5-15H2,1-4H3/t16-,20-,26-,33-/m0/s1. The van der Waals surface area contributed by atoms with Gasteiger partial charge in [0.15, 0.2) is 11.4 Å². The third-order valence-corrected chi connectivity index (χ3v) is 10.5. The number of halogens is 2. The summed E-state index contributed by atoms with van der Waals surface area (Å²) >= 11 is 3.55. The number of aliphatic hydroxyl groups excluding tert-OH is 1. The van der Waals surface area contributed by atoms with Crippen molar-refractivity contribution in [1.29, 1.82) is 0 Å². The smallest absolute Gasteiger partial charge is 0.265 e. The minimum absolute atomic E-state index is 0.0585. The molecular weight excluding hydrogens is 649 g/mol. The van der Waals surface area contributed by atoms with Gasteiger partial charge in [-0.05, 0) is 79.6 Å². The first-order chi connectivity index (χ1) is 21.6. The van der Waals surface area contributed by atoms with Crippen LogP contribution in [0.25, 0.3) is 5.76 Å². The second-order valence-electron chi connectivity index (χ2n) is 12.9. The van der Waals surface area contributed by atoms with Crippen molar-refractivity contribution in [3.63, 3.8) is 0 Å². The number of aliphatic hydroxyl groups is 2. The van der Waals surface area contributed by atoms with Crippen molar-refractivity contribution < 1.29 is 38.2 Å². The molecule has 0 unspecified atom stereocenters. The van der Waals surface area contributed by atoms with E-state index in [1.165, 1.54) is 0 Å². The SMILES string of the molecule is CCCCOc1noc2c1C(=O)[C@@]1(O)C(=O)C3=C(O)c4c(c(F)c(CNC5CC5)c(Br)c4OCCCC)C[C@H]3C[C@H]1[C@@H]2N(C)C.